The van der Waals surface area contributed by atoms with Gasteiger partial charge in [0, 0.05) is 13.0 Å². The van der Waals surface area contributed by atoms with Gasteiger partial charge in [-0.05, 0) is 12.3 Å². The molecule has 1 atom stereocenters. The standard InChI is InChI=1S/C7H13NO3/c1-6(4-7(10)11)2-3-8-5-9/h5-6H,2-4H2,1H3,(H,8,9)(H,10,11). The highest BCUT2D eigenvalue weighted by atomic mass is 16.4. The molecule has 0 rings (SSSR count). The van der Waals surface area contributed by atoms with E-state index in [1.54, 1.807) is 0 Å². The molecular weight excluding hydrogens is 146 g/mol. The summed E-state index contributed by atoms with van der Waals surface area (Å²) >= 11 is 0. The highest BCUT2D eigenvalue weighted by Gasteiger charge is 2.05. The van der Waals surface area contributed by atoms with Crippen molar-refractivity contribution in [3.63, 3.8) is 0 Å². The van der Waals surface area contributed by atoms with Crippen LogP contribution in [0.2, 0.25) is 0 Å². The average molecular weight is 159 g/mol. The Kier molecular flexibility index (Phi) is 5.15. The summed E-state index contributed by atoms with van der Waals surface area (Å²) in [5.41, 5.74) is 0. The van der Waals surface area contributed by atoms with Crippen LogP contribution in [-0.4, -0.2) is 24.0 Å². The molecule has 0 aromatic rings. The van der Waals surface area contributed by atoms with Crippen LogP contribution in [-0.2, 0) is 9.59 Å². The third-order valence-corrected chi connectivity index (χ3v) is 1.39. The van der Waals surface area contributed by atoms with Gasteiger partial charge in [-0.2, -0.15) is 0 Å². The molecule has 0 aliphatic heterocycles. The van der Waals surface area contributed by atoms with Crippen LogP contribution in [0.1, 0.15) is 19.8 Å². The quantitative estimate of drug-likeness (QED) is 0.430. The number of amides is 1. The number of hydrogen-bond acceptors (Lipinski definition) is 2. The summed E-state index contributed by atoms with van der Waals surface area (Å²) in [6.45, 7) is 2.40. The first kappa shape index (κ1) is 9.94. The molecule has 2 N–H and O–H groups in total. The minimum atomic E-state index is -0.788. The van der Waals surface area contributed by atoms with Crippen molar-refractivity contribution in [1.29, 1.82) is 0 Å². The molecule has 0 heterocycles. The Morgan fingerprint density at radius 1 is 1.73 bits per heavy atom. The zero-order valence-corrected chi connectivity index (χ0v) is 6.54. The molecule has 0 aromatic carbocycles. The van der Waals surface area contributed by atoms with Crippen molar-refractivity contribution in [2.75, 3.05) is 6.54 Å². The maximum atomic E-state index is 10.2. The lowest BCUT2D eigenvalue weighted by Gasteiger charge is -2.06. The van der Waals surface area contributed by atoms with Crippen LogP contribution in [0.4, 0.5) is 0 Å². The predicted octanol–water partition coefficient (Wildman–Crippen LogP) is 0.233. The van der Waals surface area contributed by atoms with E-state index in [1.165, 1.54) is 0 Å². The monoisotopic (exact) mass is 159 g/mol. The summed E-state index contributed by atoms with van der Waals surface area (Å²) in [6.07, 6.45) is 1.50. The summed E-state index contributed by atoms with van der Waals surface area (Å²) in [5.74, 6) is -0.663. The highest BCUT2D eigenvalue weighted by molar-refractivity contribution is 5.66. The summed E-state index contributed by atoms with van der Waals surface area (Å²) in [4.78, 5) is 19.9. The number of carboxylic acids is 1. The molecule has 0 aliphatic carbocycles. The first-order valence-corrected chi connectivity index (χ1v) is 3.55. The van der Waals surface area contributed by atoms with Crippen LogP contribution in [0, 0.1) is 5.92 Å². The minimum Gasteiger partial charge on any atom is -0.481 e. The first-order valence-electron chi connectivity index (χ1n) is 3.55. The number of nitrogens with one attached hydrogen (secondary N) is 1. The predicted molar refractivity (Wildman–Crippen MR) is 40.1 cm³/mol. The van der Waals surface area contributed by atoms with Gasteiger partial charge in [-0.15, -0.1) is 0 Å². The number of carboxylic acid groups (broad SMARTS) is 1. The van der Waals surface area contributed by atoms with Gasteiger partial charge in [0.15, 0.2) is 0 Å². The Hall–Kier alpha value is -1.06. The van der Waals surface area contributed by atoms with Gasteiger partial charge in [-0.25, -0.2) is 0 Å². The largest absolute Gasteiger partial charge is 0.481 e. The molecule has 0 aliphatic rings. The molecule has 0 fully saturated rings. The van der Waals surface area contributed by atoms with Crippen LogP contribution in [0.25, 0.3) is 0 Å². The zero-order chi connectivity index (χ0) is 8.69. The van der Waals surface area contributed by atoms with E-state index >= 15 is 0 Å². The van der Waals surface area contributed by atoms with E-state index in [0.717, 1.165) is 0 Å². The fourth-order valence-electron chi connectivity index (χ4n) is 0.789. The Morgan fingerprint density at radius 2 is 2.36 bits per heavy atom. The zero-order valence-electron chi connectivity index (χ0n) is 6.54. The molecule has 64 valence electrons. The van der Waals surface area contributed by atoms with Crippen LogP contribution < -0.4 is 5.32 Å². The van der Waals surface area contributed by atoms with E-state index in [0.29, 0.717) is 19.4 Å². The van der Waals surface area contributed by atoms with Crippen molar-refractivity contribution in [3.8, 4) is 0 Å². The maximum Gasteiger partial charge on any atom is 0.303 e. The van der Waals surface area contributed by atoms with Crippen molar-refractivity contribution in [1.82, 2.24) is 5.32 Å². The molecule has 0 saturated carbocycles. The van der Waals surface area contributed by atoms with Crippen LogP contribution in [0.15, 0.2) is 0 Å². The Labute approximate surface area is 65.6 Å². The molecule has 11 heavy (non-hydrogen) atoms. The van der Waals surface area contributed by atoms with Gasteiger partial charge in [0.25, 0.3) is 0 Å². The molecule has 1 amide bonds. The van der Waals surface area contributed by atoms with E-state index in [9.17, 15) is 9.59 Å². The fraction of sp³-hybridized carbons (Fsp3) is 0.714. The molecule has 1 unspecified atom stereocenters. The average Bonchev–Trinajstić information content (AvgIpc) is 1.86. The smallest absolute Gasteiger partial charge is 0.303 e. The minimum absolute atomic E-state index is 0.125. The second-order valence-corrected chi connectivity index (χ2v) is 2.56. The van der Waals surface area contributed by atoms with Gasteiger partial charge in [-0.3, -0.25) is 9.59 Å². The molecular formula is C7H13NO3. The summed E-state index contributed by atoms with van der Waals surface area (Å²) in [6, 6.07) is 0. The summed E-state index contributed by atoms with van der Waals surface area (Å²) < 4.78 is 0. The molecule has 0 bridgehead atoms. The summed E-state index contributed by atoms with van der Waals surface area (Å²) in [7, 11) is 0. The molecule has 0 aromatic heterocycles. The fourth-order valence-corrected chi connectivity index (χ4v) is 0.789. The number of carbonyl (C=O) groups excluding carboxylic acids is 1. The van der Waals surface area contributed by atoms with Crippen molar-refractivity contribution in [2.45, 2.75) is 19.8 Å². The van der Waals surface area contributed by atoms with E-state index < -0.39 is 5.97 Å². The van der Waals surface area contributed by atoms with Crippen molar-refractivity contribution >= 4 is 12.4 Å². The van der Waals surface area contributed by atoms with Crippen molar-refractivity contribution in [3.05, 3.63) is 0 Å². The van der Waals surface area contributed by atoms with Gasteiger partial charge in [0.2, 0.25) is 6.41 Å². The Balaban J connectivity index is 3.28. The topological polar surface area (TPSA) is 66.4 Å². The lowest BCUT2D eigenvalue weighted by Crippen LogP contribution is -2.16. The van der Waals surface area contributed by atoms with E-state index in [1.807, 2.05) is 6.92 Å². The normalized spacial score (nSPS) is 12.1. The third kappa shape index (κ3) is 6.83. The second-order valence-electron chi connectivity index (χ2n) is 2.56. The molecule has 0 radical (unpaired) electrons. The summed E-state index contributed by atoms with van der Waals surface area (Å²) in [5, 5.41) is 10.8. The van der Waals surface area contributed by atoms with Crippen LogP contribution in [0.5, 0.6) is 0 Å². The number of rotatable bonds is 6. The van der Waals surface area contributed by atoms with Crippen molar-refractivity contribution in [2.24, 2.45) is 5.92 Å². The SMILES string of the molecule is CC(CCNC=O)CC(=O)O. The number of carbonyl (C=O) groups is 2. The van der Waals surface area contributed by atoms with Gasteiger partial charge in [0.05, 0.1) is 0 Å². The van der Waals surface area contributed by atoms with E-state index in [4.69, 9.17) is 5.11 Å². The highest BCUT2D eigenvalue weighted by Crippen LogP contribution is 2.05. The molecule has 4 nitrogen and oxygen atoms in total. The molecule has 4 heteroatoms. The molecule has 0 saturated heterocycles. The maximum absolute atomic E-state index is 10.2. The molecule has 0 spiro atoms. The first-order chi connectivity index (χ1) is 5.16. The number of aliphatic carboxylic acids is 1. The lowest BCUT2D eigenvalue weighted by molar-refractivity contribution is -0.138. The van der Waals surface area contributed by atoms with Gasteiger partial charge in [0.1, 0.15) is 0 Å². The van der Waals surface area contributed by atoms with Gasteiger partial charge < -0.3 is 10.4 Å². The van der Waals surface area contributed by atoms with Crippen LogP contribution in [0.3, 0.4) is 0 Å². The Morgan fingerprint density at radius 3 is 2.82 bits per heavy atom. The number of hydrogen-bond donors (Lipinski definition) is 2. The lowest BCUT2D eigenvalue weighted by atomic mass is 10.0. The third-order valence-electron chi connectivity index (χ3n) is 1.39. The van der Waals surface area contributed by atoms with Crippen molar-refractivity contribution < 1.29 is 14.7 Å². The Bertz CT molecular complexity index is 136. The van der Waals surface area contributed by atoms with E-state index in [2.05, 4.69) is 5.32 Å². The van der Waals surface area contributed by atoms with Crippen LogP contribution >= 0.6 is 0 Å². The van der Waals surface area contributed by atoms with E-state index in [-0.39, 0.29) is 12.3 Å². The van der Waals surface area contributed by atoms with Gasteiger partial charge >= 0.3 is 5.97 Å². The van der Waals surface area contributed by atoms with Gasteiger partial charge in [-0.1, -0.05) is 6.92 Å². The second kappa shape index (κ2) is 5.70.